The molecule has 1 aromatic heterocycles. The Morgan fingerprint density at radius 1 is 1.18 bits per heavy atom. The molecule has 0 saturated heterocycles. The summed E-state index contributed by atoms with van der Waals surface area (Å²) in [5.74, 6) is -0.0639. The molecule has 0 spiro atoms. The van der Waals surface area contributed by atoms with Crippen LogP contribution < -0.4 is 5.32 Å². The molecule has 1 heterocycles. The van der Waals surface area contributed by atoms with Crippen molar-refractivity contribution < 1.29 is 4.79 Å². The minimum Gasteiger partial charge on any atom is -0.326 e. The highest BCUT2D eigenvalue weighted by atomic mass is 79.9. The lowest BCUT2D eigenvalue weighted by Crippen LogP contribution is -2.14. The molecular formula is C13H11BrN2O. The van der Waals surface area contributed by atoms with E-state index in [9.17, 15) is 4.79 Å². The van der Waals surface area contributed by atoms with Gasteiger partial charge < -0.3 is 5.32 Å². The first-order valence-corrected chi connectivity index (χ1v) is 5.99. The summed E-state index contributed by atoms with van der Waals surface area (Å²) in [5, 5.41) is 2.82. The van der Waals surface area contributed by atoms with Crippen molar-refractivity contribution in [3.05, 3.63) is 58.8 Å². The first-order valence-electron chi connectivity index (χ1n) is 5.19. The number of carbonyl (C=O) groups is 1. The Morgan fingerprint density at radius 3 is 2.59 bits per heavy atom. The Balaban J connectivity index is 1.96. The topological polar surface area (TPSA) is 42.0 Å². The van der Waals surface area contributed by atoms with Crippen LogP contribution in [0, 0.1) is 0 Å². The van der Waals surface area contributed by atoms with Crippen LogP contribution >= 0.6 is 15.9 Å². The molecule has 0 aliphatic rings. The van der Waals surface area contributed by atoms with E-state index < -0.39 is 0 Å². The second kappa shape index (κ2) is 5.59. The summed E-state index contributed by atoms with van der Waals surface area (Å²) in [6, 6.07) is 13.0. The third-order valence-corrected chi connectivity index (χ3v) is 2.72. The van der Waals surface area contributed by atoms with E-state index in [1.807, 2.05) is 42.5 Å². The number of nitrogens with one attached hydrogen (secondary N) is 1. The van der Waals surface area contributed by atoms with E-state index >= 15 is 0 Å². The van der Waals surface area contributed by atoms with Crippen LogP contribution in [0.3, 0.4) is 0 Å². The lowest BCUT2D eigenvalue weighted by Gasteiger charge is -2.04. The van der Waals surface area contributed by atoms with Gasteiger partial charge in [-0.25, -0.2) is 0 Å². The zero-order chi connectivity index (χ0) is 12.1. The summed E-state index contributed by atoms with van der Waals surface area (Å²) < 4.78 is 0.986. The molecule has 0 aliphatic carbocycles. The number of hydrogen-bond donors (Lipinski definition) is 1. The van der Waals surface area contributed by atoms with Gasteiger partial charge in [0.1, 0.15) is 0 Å². The van der Waals surface area contributed by atoms with Crippen molar-refractivity contribution >= 4 is 27.5 Å². The van der Waals surface area contributed by atoms with Crippen LogP contribution in [0.4, 0.5) is 5.69 Å². The van der Waals surface area contributed by atoms with Gasteiger partial charge in [-0.2, -0.15) is 0 Å². The number of amides is 1. The van der Waals surface area contributed by atoms with E-state index in [4.69, 9.17) is 0 Å². The first kappa shape index (κ1) is 11.8. The van der Waals surface area contributed by atoms with Crippen LogP contribution in [0.5, 0.6) is 0 Å². The number of hydrogen-bond acceptors (Lipinski definition) is 2. The molecule has 0 fully saturated rings. The molecule has 2 aromatic rings. The Kier molecular flexibility index (Phi) is 3.88. The molecule has 1 aromatic carbocycles. The summed E-state index contributed by atoms with van der Waals surface area (Å²) in [6.07, 6.45) is 1.97. The smallest absolute Gasteiger partial charge is 0.230 e. The van der Waals surface area contributed by atoms with Crippen molar-refractivity contribution in [1.29, 1.82) is 0 Å². The Labute approximate surface area is 108 Å². The molecule has 1 N–H and O–H groups in total. The quantitative estimate of drug-likeness (QED) is 0.944. The van der Waals surface area contributed by atoms with Crippen molar-refractivity contribution in [3.63, 3.8) is 0 Å². The number of carbonyl (C=O) groups excluding carboxylic acids is 1. The van der Waals surface area contributed by atoms with Gasteiger partial charge in [0.2, 0.25) is 5.91 Å². The maximum absolute atomic E-state index is 11.7. The standard InChI is InChI=1S/C13H11BrN2O/c14-10-4-6-11(7-5-10)16-13(17)9-12-3-1-2-8-15-12/h1-8H,9H2,(H,16,17). The maximum atomic E-state index is 11.7. The van der Waals surface area contributed by atoms with Gasteiger partial charge in [0.05, 0.1) is 6.42 Å². The molecule has 1 amide bonds. The Morgan fingerprint density at radius 2 is 1.94 bits per heavy atom. The Hall–Kier alpha value is -1.68. The fourth-order valence-electron chi connectivity index (χ4n) is 1.41. The minimum atomic E-state index is -0.0639. The summed E-state index contributed by atoms with van der Waals surface area (Å²) in [4.78, 5) is 15.8. The van der Waals surface area contributed by atoms with Crippen molar-refractivity contribution in [2.75, 3.05) is 5.32 Å². The highest BCUT2D eigenvalue weighted by molar-refractivity contribution is 9.10. The molecular weight excluding hydrogens is 280 g/mol. The molecule has 17 heavy (non-hydrogen) atoms. The number of nitrogens with zero attached hydrogens (tertiary/aromatic N) is 1. The summed E-state index contributed by atoms with van der Waals surface area (Å²) >= 11 is 3.34. The van der Waals surface area contributed by atoms with Gasteiger partial charge in [-0.05, 0) is 36.4 Å². The summed E-state index contributed by atoms with van der Waals surface area (Å²) in [6.45, 7) is 0. The summed E-state index contributed by atoms with van der Waals surface area (Å²) in [7, 11) is 0. The van der Waals surface area contributed by atoms with E-state index in [0.29, 0.717) is 0 Å². The molecule has 0 saturated carbocycles. The highest BCUT2D eigenvalue weighted by Crippen LogP contribution is 2.14. The van der Waals surface area contributed by atoms with E-state index in [0.717, 1.165) is 15.9 Å². The number of anilines is 1. The van der Waals surface area contributed by atoms with Crippen molar-refractivity contribution in [1.82, 2.24) is 4.98 Å². The van der Waals surface area contributed by atoms with E-state index in [2.05, 4.69) is 26.2 Å². The predicted octanol–water partition coefficient (Wildman–Crippen LogP) is 3.03. The highest BCUT2D eigenvalue weighted by Gasteiger charge is 2.04. The molecule has 0 atom stereocenters. The third kappa shape index (κ3) is 3.67. The van der Waals surface area contributed by atoms with Crippen molar-refractivity contribution in [2.45, 2.75) is 6.42 Å². The SMILES string of the molecule is O=C(Cc1ccccn1)Nc1ccc(Br)cc1. The lowest BCUT2D eigenvalue weighted by atomic mass is 10.2. The largest absolute Gasteiger partial charge is 0.326 e. The Bertz CT molecular complexity index is 497. The average molecular weight is 291 g/mol. The van der Waals surface area contributed by atoms with Crippen LogP contribution in [0.15, 0.2) is 53.1 Å². The second-order valence-corrected chi connectivity index (χ2v) is 4.47. The first-order chi connectivity index (χ1) is 8.24. The predicted molar refractivity (Wildman–Crippen MR) is 70.7 cm³/mol. The van der Waals surface area contributed by atoms with Gasteiger partial charge in [0, 0.05) is 22.1 Å². The van der Waals surface area contributed by atoms with Gasteiger partial charge in [0.25, 0.3) is 0 Å². The number of rotatable bonds is 3. The van der Waals surface area contributed by atoms with Crippen molar-refractivity contribution in [2.24, 2.45) is 0 Å². The van der Waals surface area contributed by atoms with Crippen LogP contribution in [-0.2, 0) is 11.2 Å². The fraction of sp³-hybridized carbons (Fsp3) is 0.0769. The second-order valence-electron chi connectivity index (χ2n) is 3.55. The van der Waals surface area contributed by atoms with E-state index in [1.54, 1.807) is 6.20 Å². The number of halogens is 1. The van der Waals surface area contributed by atoms with Crippen LogP contribution in [0.1, 0.15) is 5.69 Å². The fourth-order valence-corrected chi connectivity index (χ4v) is 1.67. The molecule has 3 nitrogen and oxygen atoms in total. The molecule has 86 valence electrons. The van der Waals surface area contributed by atoms with Gasteiger partial charge in [-0.3, -0.25) is 9.78 Å². The summed E-state index contributed by atoms with van der Waals surface area (Å²) in [5.41, 5.74) is 1.55. The maximum Gasteiger partial charge on any atom is 0.230 e. The van der Waals surface area contributed by atoms with Crippen LogP contribution in [0.2, 0.25) is 0 Å². The van der Waals surface area contributed by atoms with Gasteiger partial charge in [-0.1, -0.05) is 22.0 Å². The number of pyridine rings is 1. The number of benzene rings is 1. The average Bonchev–Trinajstić information content (AvgIpc) is 2.33. The molecule has 0 unspecified atom stereocenters. The lowest BCUT2D eigenvalue weighted by molar-refractivity contribution is -0.115. The van der Waals surface area contributed by atoms with E-state index in [1.165, 1.54) is 0 Å². The molecule has 0 radical (unpaired) electrons. The zero-order valence-corrected chi connectivity index (χ0v) is 10.6. The molecule has 4 heteroatoms. The van der Waals surface area contributed by atoms with Crippen molar-refractivity contribution in [3.8, 4) is 0 Å². The molecule has 0 bridgehead atoms. The van der Waals surface area contributed by atoms with Crippen LogP contribution in [0.25, 0.3) is 0 Å². The monoisotopic (exact) mass is 290 g/mol. The van der Waals surface area contributed by atoms with E-state index in [-0.39, 0.29) is 12.3 Å². The molecule has 2 rings (SSSR count). The van der Waals surface area contributed by atoms with Gasteiger partial charge >= 0.3 is 0 Å². The van der Waals surface area contributed by atoms with Crippen LogP contribution in [-0.4, -0.2) is 10.9 Å². The van der Waals surface area contributed by atoms with Gasteiger partial charge in [-0.15, -0.1) is 0 Å². The third-order valence-electron chi connectivity index (χ3n) is 2.20. The normalized spacial score (nSPS) is 9.94. The zero-order valence-electron chi connectivity index (χ0n) is 9.06. The van der Waals surface area contributed by atoms with Gasteiger partial charge in [0.15, 0.2) is 0 Å². The number of aromatic nitrogens is 1. The molecule has 0 aliphatic heterocycles. The minimum absolute atomic E-state index is 0.0639.